The Kier molecular flexibility index (Phi) is 9.75. The van der Waals surface area contributed by atoms with Crippen LogP contribution in [0, 0.1) is 0 Å². The van der Waals surface area contributed by atoms with E-state index in [2.05, 4.69) is 14.5 Å². The minimum atomic E-state index is -3.49. The SMILES string of the molecule is CN(CCCN1CCN(CCCNS(=O)(=O)c2ccc(N)cc2)CC1)C(=O)OC(C)(C)C. The first-order valence-electron chi connectivity index (χ1n) is 11.2. The van der Waals surface area contributed by atoms with Crippen LogP contribution in [0.2, 0.25) is 0 Å². The summed E-state index contributed by atoms with van der Waals surface area (Å²) in [5.74, 6) is 0. The molecule has 0 bridgehead atoms. The largest absolute Gasteiger partial charge is 0.444 e. The summed E-state index contributed by atoms with van der Waals surface area (Å²) in [5, 5.41) is 0. The minimum Gasteiger partial charge on any atom is -0.444 e. The van der Waals surface area contributed by atoms with Crippen molar-refractivity contribution in [3.05, 3.63) is 24.3 Å². The number of benzene rings is 1. The first kappa shape index (κ1) is 26.4. The predicted molar refractivity (Wildman–Crippen MR) is 127 cm³/mol. The number of nitrogens with zero attached hydrogens (tertiary/aromatic N) is 3. The fraction of sp³-hybridized carbons (Fsp3) is 0.682. The number of sulfonamides is 1. The molecule has 0 aliphatic carbocycles. The molecule has 182 valence electrons. The Morgan fingerprint density at radius 1 is 1.06 bits per heavy atom. The maximum atomic E-state index is 12.3. The Labute approximate surface area is 192 Å². The van der Waals surface area contributed by atoms with Gasteiger partial charge in [-0.3, -0.25) is 0 Å². The lowest BCUT2D eigenvalue weighted by atomic mass is 10.2. The van der Waals surface area contributed by atoms with Crippen LogP contribution in [0.3, 0.4) is 0 Å². The number of rotatable bonds is 10. The second-order valence-corrected chi connectivity index (χ2v) is 11.0. The zero-order chi connectivity index (χ0) is 23.8. The van der Waals surface area contributed by atoms with E-state index in [0.717, 1.165) is 52.1 Å². The van der Waals surface area contributed by atoms with Gasteiger partial charge in [-0.25, -0.2) is 17.9 Å². The van der Waals surface area contributed by atoms with Crippen molar-refractivity contribution >= 4 is 21.8 Å². The van der Waals surface area contributed by atoms with E-state index in [4.69, 9.17) is 10.5 Å². The molecule has 0 spiro atoms. The normalized spacial score (nSPS) is 16.1. The third-order valence-corrected chi connectivity index (χ3v) is 6.75. The van der Waals surface area contributed by atoms with Crippen molar-refractivity contribution in [1.82, 2.24) is 19.4 Å². The van der Waals surface area contributed by atoms with Gasteiger partial charge in [0.15, 0.2) is 0 Å². The molecule has 1 aliphatic rings. The number of piperazine rings is 1. The van der Waals surface area contributed by atoms with Crippen LogP contribution < -0.4 is 10.5 Å². The molecule has 0 aromatic heterocycles. The van der Waals surface area contributed by atoms with Crippen LogP contribution in [0.25, 0.3) is 0 Å². The average molecular weight is 470 g/mol. The van der Waals surface area contributed by atoms with Gasteiger partial charge in [-0.1, -0.05) is 0 Å². The van der Waals surface area contributed by atoms with Gasteiger partial charge < -0.3 is 25.2 Å². The second-order valence-electron chi connectivity index (χ2n) is 9.26. The summed E-state index contributed by atoms with van der Waals surface area (Å²) in [6.45, 7) is 12.4. The topological polar surface area (TPSA) is 108 Å². The summed E-state index contributed by atoms with van der Waals surface area (Å²) >= 11 is 0. The number of nitrogens with two attached hydrogens (primary N) is 1. The fourth-order valence-electron chi connectivity index (χ4n) is 3.44. The molecule has 9 nitrogen and oxygen atoms in total. The van der Waals surface area contributed by atoms with Crippen LogP contribution >= 0.6 is 0 Å². The molecular formula is C22H39N5O4S. The number of nitrogens with one attached hydrogen (secondary N) is 1. The van der Waals surface area contributed by atoms with E-state index < -0.39 is 15.6 Å². The Hall–Kier alpha value is -1.88. The first-order chi connectivity index (χ1) is 15.0. The van der Waals surface area contributed by atoms with Gasteiger partial charge in [0, 0.05) is 52.0 Å². The zero-order valence-electron chi connectivity index (χ0n) is 19.8. The van der Waals surface area contributed by atoms with E-state index in [0.29, 0.717) is 18.8 Å². The van der Waals surface area contributed by atoms with Crippen LogP contribution in [-0.4, -0.2) is 94.2 Å². The van der Waals surface area contributed by atoms with Crippen molar-refractivity contribution in [1.29, 1.82) is 0 Å². The Morgan fingerprint density at radius 2 is 1.59 bits per heavy atom. The Balaban J connectivity index is 1.58. The molecular weight excluding hydrogens is 430 g/mol. The highest BCUT2D eigenvalue weighted by Crippen LogP contribution is 2.12. The van der Waals surface area contributed by atoms with Crippen molar-refractivity contribution in [3.63, 3.8) is 0 Å². The van der Waals surface area contributed by atoms with E-state index >= 15 is 0 Å². The molecule has 0 saturated carbocycles. The molecule has 1 amide bonds. The van der Waals surface area contributed by atoms with E-state index in [1.165, 1.54) is 12.1 Å². The number of hydrogen-bond acceptors (Lipinski definition) is 7. The van der Waals surface area contributed by atoms with E-state index in [9.17, 15) is 13.2 Å². The average Bonchev–Trinajstić information content (AvgIpc) is 2.71. The lowest BCUT2D eigenvalue weighted by Gasteiger charge is -2.35. The van der Waals surface area contributed by atoms with E-state index in [-0.39, 0.29) is 11.0 Å². The monoisotopic (exact) mass is 469 g/mol. The van der Waals surface area contributed by atoms with Crippen molar-refractivity contribution in [3.8, 4) is 0 Å². The molecule has 1 heterocycles. The van der Waals surface area contributed by atoms with Gasteiger partial charge in [-0.05, 0) is 71.0 Å². The predicted octanol–water partition coefficient (Wildman–Crippen LogP) is 1.81. The number of carbonyl (C=O) groups excluding carboxylic acids is 1. The molecule has 32 heavy (non-hydrogen) atoms. The summed E-state index contributed by atoms with van der Waals surface area (Å²) in [6.07, 6.45) is 1.38. The Bertz CT molecular complexity index is 816. The lowest BCUT2D eigenvalue weighted by Crippen LogP contribution is -2.47. The fourth-order valence-corrected chi connectivity index (χ4v) is 4.51. The highest BCUT2D eigenvalue weighted by atomic mass is 32.2. The van der Waals surface area contributed by atoms with Crippen LogP contribution in [-0.2, 0) is 14.8 Å². The third-order valence-electron chi connectivity index (χ3n) is 5.27. The van der Waals surface area contributed by atoms with Gasteiger partial charge in [0.25, 0.3) is 0 Å². The molecule has 2 rings (SSSR count). The Morgan fingerprint density at radius 3 is 2.12 bits per heavy atom. The third kappa shape index (κ3) is 9.32. The van der Waals surface area contributed by atoms with Gasteiger partial charge in [0.2, 0.25) is 10.0 Å². The number of hydrogen-bond donors (Lipinski definition) is 2. The standard InChI is InChI=1S/C22H39N5O4S/c1-22(2,3)31-21(28)25(4)12-6-14-27-17-15-26(16-18-27)13-5-11-24-32(29,30)20-9-7-19(23)8-10-20/h7-10,24H,5-6,11-18,23H2,1-4H3. The summed E-state index contributed by atoms with van der Waals surface area (Å²) in [4.78, 5) is 18.6. The minimum absolute atomic E-state index is 0.234. The number of carbonyl (C=O) groups is 1. The summed E-state index contributed by atoms with van der Waals surface area (Å²) < 4.78 is 32.6. The number of nitrogen functional groups attached to an aromatic ring is 1. The quantitative estimate of drug-likeness (QED) is 0.397. The molecule has 3 N–H and O–H groups in total. The van der Waals surface area contributed by atoms with Crippen LogP contribution in [0.5, 0.6) is 0 Å². The summed E-state index contributed by atoms with van der Waals surface area (Å²) in [7, 11) is -1.72. The highest BCUT2D eigenvalue weighted by molar-refractivity contribution is 7.89. The summed E-state index contributed by atoms with van der Waals surface area (Å²) in [5.41, 5.74) is 5.68. The maximum Gasteiger partial charge on any atom is 0.410 e. The highest BCUT2D eigenvalue weighted by Gasteiger charge is 2.20. The van der Waals surface area contributed by atoms with Gasteiger partial charge >= 0.3 is 6.09 Å². The smallest absolute Gasteiger partial charge is 0.410 e. The molecule has 0 unspecified atom stereocenters. The second kappa shape index (κ2) is 11.8. The van der Waals surface area contributed by atoms with Crippen molar-refractivity contribution in [2.75, 3.05) is 65.1 Å². The number of ether oxygens (including phenoxy) is 1. The molecule has 0 radical (unpaired) electrons. The molecule has 1 aliphatic heterocycles. The van der Waals surface area contributed by atoms with E-state index in [1.54, 1.807) is 24.1 Å². The van der Waals surface area contributed by atoms with Gasteiger partial charge in [-0.2, -0.15) is 0 Å². The molecule has 1 saturated heterocycles. The molecule has 1 aromatic rings. The van der Waals surface area contributed by atoms with Crippen molar-refractivity contribution in [2.45, 2.75) is 44.1 Å². The van der Waals surface area contributed by atoms with Crippen molar-refractivity contribution in [2.24, 2.45) is 0 Å². The van der Waals surface area contributed by atoms with Gasteiger partial charge in [0.1, 0.15) is 5.60 Å². The zero-order valence-corrected chi connectivity index (χ0v) is 20.7. The lowest BCUT2D eigenvalue weighted by molar-refractivity contribution is 0.0289. The van der Waals surface area contributed by atoms with Crippen LogP contribution in [0.1, 0.15) is 33.6 Å². The molecule has 1 fully saturated rings. The number of amides is 1. The van der Waals surface area contributed by atoms with Gasteiger partial charge in [0.05, 0.1) is 4.90 Å². The van der Waals surface area contributed by atoms with Crippen LogP contribution in [0.4, 0.5) is 10.5 Å². The van der Waals surface area contributed by atoms with E-state index in [1.807, 2.05) is 20.8 Å². The van der Waals surface area contributed by atoms with Crippen molar-refractivity contribution < 1.29 is 17.9 Å². The first-order valence-corrected chi connectivity index (χ1v) is 12.7. The van der Waals surface area contributed by atoms with Crippen LogP contribution in [0.15, 0.2) is 29.2 Å². The number of anilines is 1. The molecule has 0 atom stereocenters. The molecule has 1 aromatic carbocycles. The maximum absolute atomic E-state index is 12.3. The molecule has 10 heteroatoms. The summed E-state index contributed by atoms with van der Waals surface area (Å²) in [6, 6.07) is 6.21. The van der Waals surface area contributed by atoms with Gasteiger partial charge in [-0.15, -0.1) is 0 Å².